The number of allylic oxidation sites excluding steroid dienone is 2. The molecule has 0 bridgehead atoms. The van der Waals surface area contributed by atoms with Gasteiger partial charge in [-0.1, -0.05) is 46.1 Å². The molecule has 5 aliphatic rings. The zero-order valence-corrected chi connectivity index (χ0v) is 20.4. The van der Waals surface area contributed by atoms with Gasteiger partial charge in [0.2, 0.25) is 0 Å². The van der Waals surface area contributed by atoms with Crippen LogP contribution in [-0.4, -0.2) is 16.9 Å². The van der Waals surface area contributed by atoms with Crippen molar-refractivity contribution in [1.82, 2.24) is 0 Å². The van der Waals surface area contributed by atoms with Gasteiger partial charge in [0.25, 0.3) is 0 Å². The highest BCUT2D eigenvalue weighted by atomic mass is 16.4. The van der Waals surface area contributed by atoms with Crippen LogP contribution in [0.15, 0.2) is 11.6 Å². The van der Waals surface area contributed by atoms with Crippen molar-refractivity contribution in [2.24, 2.45) is 44.8 Å². The van der Waals surface area contributed by atoms with Gasteiger partial charge in [0.1, 0.15) is 0 Å². The standard InChI is InChI=1S/C28H42O3/c1-24-12-13-25(2,23(30)31)17-20(24)19-16-21(29)22-26(3)10-7-6-8-18(26)9-11-28(22,5)27(19,4)15-14-24/h16,18,20,22H,6-15,17H2,1-5H3,(H,30,31)/t18-,20+,22-,24-,25+,26+,27-,28-/m1/s1. The third-order valence-corrected chi connectivity index (χ3v) is 12.1. The first-order chi connectivity index (χ1) is 14.4. The van der Waals surface area contributed by atoms with Crippen LogP contribution < -0.4 is 0 Å². The fourth-order valence-electron chi connectivity index (χ4n) is 9.55. The molecule has 0 amide bonds. The minimum atomic E-state index is -0.670. The quantitative estimate of drug-likeness (QED) is 0.501. The number of carbonyl (C=O) groups excluding carboxylic acids is 1. The maximum atomic E-state index is 14.0. The van der Waals surface area contributed by atoms with Gasteiger partial charge >= 0.3 is 5.97 Å². The first kappa shape index (κ1) is 21.7. The van der Waals surface area contributed by atoms with Crippen molar-refractivity contribution in [3.8, 4) is 0 Å². The van der Waals surface area contributed by atoms with E-state index >= 15 is 0 Å². The summed E-state index contributed by atoms with van der Waals surface area (Å²) in [5, 5.41) is 10.00. The molecule has 3 nitrogen and oxygen atoms in total. The molecule has 3 heteroatoms. The van der Waals surface area contributed by atoms with E-state index in [0.29, 0.717) is 18.1 Å². The van der Waals surface area contributed by atoms with Gasteiger partial charge in [0, 0.05) is 5.92 Å². The number of ketones is 1. The zero-order chi connectivity index (χ0) is 22.4. The Kier molecular flexibility index (Phi) is 4.53. The van der Waals surface area contributed by atoms with Gasteiger partial charge < -0.3 is 5.11 Å². The molecular formula is C28H42O3. The lowest BCUT2D eigenvalue weighted by Crippen LogP contribution is -2.63. The largest absolute Gasteiger partial charge is 0.481 e. The number of carboxylic acids is 1. The van der Waals surface area contributed by atoms with E-state index in [1.807, 2.05) is 6.92 Å². The van der Waals surface area contributed by atoms with Crippen molar-refractivity contribution in [3.05, 3.63) is 11.6 Å². The molecule has 0 unspecified atom stereocenters. The summed E-state index contributed by atoms with van der Waals surface area (Å²) in [7, 11) is 0. The van der Waals surface area contributed by atoms with E-state index in [1.54, 1.807) is 0 Å². The van der Waals surface area contributed by atoms with E-state index in [1.165, 1.54) is 37.7 Å². The minimum Gasteiger partial charge on any atom is -0.481 e. The van der Waals surface area contributed by atoms with Crippen molar-refractivity contribution in [2.45, 2.75) is 105 Å². The number of fused-ring (bicyclic) bond motifs is 7. The topological polar surface area (TPSA) is 54.4 Å². The number of hydrogen-bond donors (Lipinski definition) is 1. The molecule has 5 aliphatic carbocycles. The van der Waals surface area contributed by atoms with E-state index in [2.05, 4.69) is 33.8 Å². The predicted octanol–water partition coefficient (Wildman–Crippen LogP) is 6.81. The summed E-state index contributed by atoms with van der Waals surface area (Å²) in [6, 6.07) is 0. The average molecular weight is 427 g/mol. The van der Waals surface area contributed by atoms with Gasteiger partial charge in [-0.05, 0) is 104 Å². The van der Waals surface area contributed by atoms with Crippen LogP contribution in [0.5, 0.6) is 0 Å². The summed E-state index contributed by atoms with van der Waals surface area (Å²) >= 11 is 0. The number of carbonyl (C=O) groups is 2. The first-order valence-electron chi connectivity index (χ1n) is 12.9. The number of aliphatic carboxylic acids is 1. The van der Waals surface area contributed by atoms with E-state index in [0.717, 1.165) is 32.1 Å². The number of rotatable bonds is 1. The summed E-state index contributed by atoms with van der Waals surface area (Å²) in [6.07, 6.45) is 14.3. The SMILES string of the molecule is C[C@]1(C(=O)O)CC[C@]2(C)CC[C@]3(C)C(=CC(=O)[C@@H]4[C@@]5(C)CCCC[C@@H]5CC[C@]43C)[C@@H]2C1. The number of hydrogen-bond acceptors (Lipinski definition) is 2. The third kappa shape index (κ3) is 2.64. The molecule has 0 saturated heterocycles. The summed E-state index contributed by atoms with van der Waals surface area (Å²) < 4.78 is 0. The molecule has 172 valence electrons. The summed E-state index contributed by atoms with van der Waals surface area (Å²) in [5.41, 5.74) is 0.936. The molecule has 1 N–H and O–H groups in total. The molecule has 0 aromatic heterocycles. The molecule has 31 heavy (non-hydrogen) atoms. The van der Waals surface area contributed by atoms with Gasteiger partial charge in [-0.25, -0.2) is 0 Å². The molecule has 0 aromatic rings. The fraction of sp³-hybridized carbons (Fsp3) is 0.857. The lowest BCUT2D eigenvalue weighted by atomic mass is 9.35. The molecule has 0 aliphatic heterocycles. The smallest absolute Gasteiger partial charge is 0.309 e. The molecule has 8 atom stereocenters. The Morgan fingerprint density at radius 2 is 1.65 bits per heavy atom. The molecular weight excluding hydrogens is 384 g/mol. The molecule has 4 fully saturated rings. The van der Waals surface area contributed by atoms with Crippen LogP contribution in [0, 0.1) is 44.8 Å². The highest BCUT2D eigenvalue weighted by Crippen LogP contribution is 2.73. The van der Waals surface area contributed by atoms with Gasteiger partial charge in [-0.2, -0.15) is 0 Å². The predicted molar refractivity (Wildman–Crippen MR) is 123 cm³/mol. The molecule has 5 rings (SSSR count). The summed E-state index contributed by atoms with van der Waals surface area (Å²) in [5.74, 6) is 0.756. The Morgan fingerprint density at radius 3 is 2.35 bits per heavy atom. The maximum Gasteiger partial charge on any atom is 0.309 e. The van der Waals surface area contributed by atoms with Crippen molar-refractivity contribution in [2.75, 3.05) is 0 Å². The summed E-state index contributed by atoms with van der Waals surface area (Å²) in [4.78, 5) is 26.1. The Bertz CT molecular complexity index is 858. The van der Waals surface area contributed by atoms with Gasteiger partial charge in [0.05, 0.1) is 5.41 Å². The van der Waals surface area contributed by atoms with E-state index in [-0.39, 0.29) is 33.5 Å². The van der Waals surface area contributed by atoms with Crippen LogP contribution >= 0.6 is 0 Å². The maximum absolute atomic E-state index is 14.0. The molecule has 0 spiro atoms. The zero-order valence-electron chi connectivity index (χ0n) is 20.4. The van der Waals surface area contributed by atoms with Crippen LogP contribution in [0.4, 0.5) is 0 Å². The monoisotopic (exact) mass is 426 g/mol. The van der Waals surface area contributed by atoms with E-state index in [9.17, 15) is 14.7 Å². The van der Waals surface area contributed by atoms with Gasteiger partial charge in [-0.3, -0.25) is 9.59 Å². The molecule has 0 radical (unpaired) electrons. The molecule has 0 aromatic carbocycles. The van der Waals surface area contributed by atoms with E-state index in [4.69, 9.17) is 0 Å². The Balaban J connectivity index is 1.62. The normalized spacial score (nSPS) is 54.0. The average Bonchev–Trinajstić information content (AvgIpc) is 2.70. The second-order valence-electron chi connectivity index (χ2n) is 13.4. The van der Waals surface area contributed by atoms with E-state index < -0.39 is 11.4 Å². The Labute approximate surface area is 188 Å². The van der Waals surface area contributed by atoms with Crippen LogP contribution in [-0.2, 0) is 9.59 Å². The lowest BCUT2D eigenvalue weighted by molar-refractivity contribution is -0.171. The highest BCUT2D eigenvalue weighted by molar-refractivity contribution is 5.95. The molecule has 0 heterocycles. The van der Waals surface area contributed by atoms with Gasteiger partial charge in [-0.15, -0.1) is 0 Å². The Hall–Kier alpha value is -1.12. The van der Waals surface area contributed by atoms with Crippen LogP contribution in [0.3, 0.4) is 0 Å². The fourth-order valence-corrected chi connectivity index (χ4v) is 9.55. The Morgan fingerprint density at radius 1 is 0.935 bits per heavy atom. The van der Waals surface area contributed by atoms with Crippen LogP contribution in [0.2, 0.25) is 0 Å². The highest BCUT2D eigenvalue weighted by Gasteiger charge is 2.68. The van der Waals surface area contributed by atoms with Crippen molar-refractivity contribution >= 4 is 11.8 Å². The number of carboxylic acid groups (broad SMARTS) is 1. The van der Waals surface area contributed by atoms with Crippen molar-refractivity contribution in [3.63, 3.8) is 0 Å². The van der Waals surface area contributed by atoms with Gasteiger partial charge in [0.15, 0.2) is 5.78 Å². The second-order valence-corrected chi connectivity index (χ2v) is 13.4. The third-order valence-electron chi connectivity index (χ3n) is 12.1. The van der Waals surface area contributed by atoms with Crippen molar-refractivity contribution in [1.29, 1.82) is 0 Å². The summed E-state index contributed by atoms with van der Waals surface area (Å²) in [6.45, 7) is 11.6. The van der Waals surface area contributed by atoms with Crippen LogP contribution in [0.1, 0.15) is 105 Å². The first-order valence-corrected chi connectivity index (χ1v) is 12.9. The second kappa shape index (κ2) is 6.48. The molecule has 4 saturated carbocycles. The lowest BCUT2D eigenvalue weighted by Gasteiger charge is -2.68. The van der Waals surface area contributed by atoms with Crippen molar-refractivity contribution < 1.29 is 14.7 Å². The van der Waals surface area contributed by atoms with Crippen LogP contribution in [0.25, 0.3) is 0 Å². The minimum absolute atomic E-state index is 0.00480.